The van der Waals surface area contributed by atoms with Crippen molar-refractivity contribution in [2.75, 3.05) is 10.5 Å². The van der Waals surface area contributed by atoms with Crippen LogP contribution in [-0.4, -0.2) is 13.6 Å². The van der Waals surface area contributed by atoms with E-state index in [9.17, 15) is 8.42 Å². The Bertz CT molecular complexity index is 625. The smallest absolute Gasteiger partial charge is 0.263 e. The Kier molecular flexibility index (Phi) is 2.95. The molecule has 0 fully saturated rings. The minimum absolute atomic E-state index is 0.0863. The van der Waals surface area contributed by atoms with E-state index in [-0.39, 0.29) is 15.6 Å². The maximum atomic E-state index is 12.0. The summed E-state index contributed by atoms with van der Waals surface area (Å²) in [5, 5.41) is 3.47. The lowest BCUT2D eigenvalue weighted by atomic mass is 10.3. The summed E-state index contributed by atoms with van der Waals surface area (Å²) in [4.78, 5) is -0.0969. The molecule has 0 aliphatic heterocycles. The lowest BCUT2D eigenvalue weighted by Gasteiger charge is -2.07. The fourth-order valence-electron chi connectivity index (χ4n) is 1.19. The molecule has 0 bridgehead atoms. The molecule has 6 nitrogen and oxygen atoms in total. The van der Waals surface area contributed by atoms with Gasteiger partial charge in [0.15, 0.2) is 0 Å². The summed E-state index contributed by atoms with van der Waals surface area (Å²) in [5.74, 6) is 0. The first-order chi connectivity index (χ1) is 7.99. The molecule has 2 rings (SSSR count). The van der Waals surface area contributed by atoms with Crippen molar-refractivity contribution >= 4 is 33.0 Å². The number of hydrogen-bond donors (Lipinski definition) is 2. The van der Waals surface area contributed by atoms with Gasteiger partial charge in [0.1, 0.15) is 16.8 Å². The standard InChI is InChI=1S/C9H8ClN3O3S/c10-8-2-1-6(11)3-9(8)17(14,15)13-7-4-12-16-5-7/h1-5,13H,11H2. The second-order valence-corrected chi connectivity index (χ2v) is 5.27. The Morgan fingerprint density at radius 1 is 1.41 bits per heavy atom. The van der Waals surface area contributed by atoms with Gasteiger partial charge in [0, 0.05) is 5.69 Å². The van der Waals surface area contributed by atoms with Gasteiger partial charge in [-0.1, -0.05) is 16.8 Å². The third kappa shape index (κ3) is 2.51. The van der Waals surface area contributed by atoms with Crippen molar-refractivity contribution in [3.05, 3.63) is 35.7 Å². The van der Waals surface area contributed by atoms with Crippen molar-refractivity contribution < 1.29 is 12.9 Å². The molecule has 3 N–H and O–H groups in total. The topological polar surface area (TPSA) is 98.2 Å². The van der Waals surface area contributed by atoms with E-state index in [1.165, 1.54) is 24.4 Å². The number of nitrogens with one attached hydrogen (secondary N) is 1. The number of anilines is 2. The minimum Gasteiger partial charge on any atom is -0.399 e. The van der Waals surface area contributed by atoms with Crippen LogP contribution in [0.4, 0.5) is 11.4 Å². The first-order valence-corrected chi connectivity index (χ1v) is 6.32. The van der Waals surface area contributed by atoms with Gasteiger partial charge in [0.25, 0.3) is 10.0 Å². The molecule has 1 aromatic heterocycles. The lowest BCUT2D eigenvalue weighted by molar-refractivity contribution is 0.420. The highest BCUT2D eigenvalue weighted by molar-refractivity contribution is 7.92. The fourth-order valence-corrected chi connectivity index (χ4v) is 2.75. The van der Waals surface area contributed by atoms with E-state index in [2.05, 4.69) is 14.4 Å². The zero-order valence-corrected chi connectivity index (χ0v) is 9.99. The zero-order valence-electron chi connectivity index (χ0n) is 8.42. The van der Waals surface area contributed by atoms with Crippen molar-refractivity contribution in [2.45, 2.75) is 4.90 Å². The summed E-state index contributed by atoms with van der Waals surface area (Å²) in [6, 6.07) is 4.21. The van der Waals surface area contributed by atoms with Gasteiger partial charge in [0.05, 0.1) is 11.2 Å². The van der Waals surface area contributed by atoms with Crippen LogP contribution in [0.25, 0.3) is 0 Å². The van der Waals surface area contributed by atoms with E-state index in [4.69, 9.17) is 17.3 Å². The van der Waals surface area contributed by atoms with Crippen LogP contribution in [0.5, 0.6) is 0 Å². The van der Waals surface area contributed by atoms with Gasteiger partial charge in [-0.15, -0.1) is 0 Å². The Hall–Kier alpha value is -1.73. The highest BCUT2D eigenvalue weighted by atomic mass is 35.5. The van der Waals surface area contributed by atoms with Crippen molar-refractivity contribution in [2.24, 2.45) is 0 Å². The predicted octanol–water partition coefficient (Wildman–Crippen LogP) is 1.71. The molecule has 8 heteroatoms. The number of benzene rings is 1. The Morgan fingerprint density at radius 2 is 2.18 bits per heavy atom. The molecule has 1 aromatic carbocycles. The first-order valence-electron chi connectivity index (χ1n) is 4.46. The molecule has 0 radical (unpaired) electrons. The average Bonchev–Trinajstić information content (AvgIpc) is 2.73. The van der Waals surface area contributed by atoms with E-state index in [1.807, 2.05) is 0 Å². The maximum absolute atomic E-state index is 12.0. The van der Waals surface area contributed by atoms with Gasteiger partial charge in [-0.3, -0.25) is 4.72 Å². The largest absolute Gasteiger partial charge is 0.399 e. The molecular weight excluding hydrogens is 266 g/mol. The molecule has 1 heterocycles. The monoisotopic (exact) mass is 273 g/mol. The highest BCUT2D eigenvalue weighted by Gasteiger charge is 2.19. The van der Waals surface area contributed by atoms with E-state index < -0.39 is 10.0 Å². The molecule has 0 aliphatic carbocycles. The zero-order chi connectivity index (χ0) is 12.5. The quantitative estimate of drug-likeness (QED) is 0.830. The van der Waals surface area contributed by atoms with Crippen LogP contribution in [-0.2, 0) is 10.0 Å². The number of hydrogen-bond acceptors (Lipinski definition) is 5. The van der Waals surface area contributed by atoms with Gasteiger partial charge < -0.3 is 10.3 Å². The van der Waals surface area contributed by atoms with Crippen molar-refractivity contribution in [1.29, 1.82) is 0 Å². The molecule has 0 spiro atoms. The van der Waals surface area contributed by atoms with Crippen LogP contribution < -0.4 is 10.5 Å². The molecule has 0 aliphatic rings. The molecule has 0 saturated heterocycles. The molecule has 90 valence electrons. The minimum atomic E-state index is -3.80. The van der Waals surface area contributed by atoms with Crippen LogP contribution in [0, 0.1) is 0 Å². The number of rotatable bonds is 3. The highest BCUT2D eigenvalue weighted by Crippen LogP contribution is 2.25. The number of aromatic nitrogens is 1. The number of halogens is 1. The van der Waals surface area contributed by atoms with Crippen molar-refractivity contribution in [3.8, 4) is 0 Å². The van der Waals surface area contributed by atoms with Gasteiger partial charge in [-0.05, 0) is 18.2 Å². The molecule has 0 atom stereocenters. The number of nitrogens with two attached hydrogens (primary N) is 1. The number of sulfonamides is 1. The Morgan fingerprint density at radius 3 is 2.82 bits per heavy atom. The average molecular weight is 274 g/mol. The molecule has 0 saturated carbocycles. The van der Waals surface area contributed by atoms with Gasteiger partial charge in [-0.25, -0.2) is 8.42 Å². The molecule has 0 amide bonds. The SMILES string of the molecule is Nc1ccc(Cl)c(S(=O)(=O)Nc2cnoc2)c1. The van der Waals surface area contributed by atoms with E-state index in [1.54, 1.807) is 0 Å². The van der Waals surface area contributed by atoms with Gasteiger partial charge in [-0.2, -0.15) is 0 Å². The second kappa shape index (κ2) is 4.27. The number of nitrogen functional groups attached to an aromatic ring is 1. The van der Waals surface area contributed by atoms with E-state index in [0.717, 1.165) is 6.26 Å². The summed E-state index contributed by atoms with van der Waals surface area (Å²) in [6.07, 6.45) is 2.40. The summed E-state index contributed by atoms with van der Waals surface area (Å²) < 4.78 is 30.7. The normalized spacial score (nSPS) is 11.4. The van der Waals surface area contributed by atoms with Crippen LogP contribution in [0.15, 0.2) is 40.1 Å². The maximum Gasteiger partial charge on any atom is 0.263 e. The Balaban J connectivity index is 2.41. The summed E-state index contributed by atoms with van der Waals surface area (Å²) in [5.41, 5.74) is 6.03. The molecule has 17 heavy (non-hydrogen) atoms. The third-order valence-corrected chi connectivity index (χ3v) is 3.79. The van der Waals surface area contributed by atoms with E-state index in [0.29, 0.717) is 5.69 Å². The lowest BCUT2D eigenvalue weighted by Crippen LogP contribution is -2.13. The van der Waals surface area contributed by atoms with Crippen molar-refractivity contribution in [3.63, 3.8) is 0 Å². The fraction of sp³-hybridized carbons (Fsp3) is 0. The Labute approximate surface area is 102 Å². The second-order valence-electron chi connectivity index (χ2n) is 3.21. The first kappa shape index (κ1) is 11.7. The van der Waals surface area contributed by atoms with Crippen LogP contribution in [0.1, 0.15) is 0 Å². The summed E-state index contributed by atoms with van der Waals surface area (Å²) in [6.45, 7) is 0. The summed E-state index contributed by atoms with van der Waals surface area (Å²) in [7, 11) is -3.80. The van der Waals surface area contributed by atoms with Gasteiger partial charge in [0.2, 0.25) is 0 Å². The van der Waals surface area contributed by atoms with Gasteiger partial charge >= 0.3 is 0 Å². The van der Waals surface area contributed by atoms with Crippen LogP contribution in [0.3, 0.4) is 0 Å². The predicted molar refractivity (Wildman–Crippen MR) is 63.2 cm³/mol. The van der Waals surface area contributed by atoms with Crippen LogP contribution >= 0.6 is 11.6 Å². The third-order valence-electron chi connectivity index (χ3n) is 1.93. The summed E-state index contributed by atoms with van der Waals surface area (Å²) >= 11 is 5.81. The van der Waals surface area contributed by atoms with Crippen molar-refractivity contribution in [1.82, 2.24) is 5.16 Å². The number of nitrogens with zero attached hydrogens (tertiary/aromatic N) is 1. The van der Waals surface area contributed by atoms with Crippen LogP contribution in [0.2, 0.25) is 5.02 Å². The molecular formula is C9H8ClN3O3S. The molecule has 0 unspecified atom stereocenters. The molecule has 2 aromatic rings. The van der Waals surface area contributed by atoms with E-state index >= 15 is 0 Å².